The number of hydrogen-bond donors (Lipinski definition) is 1. The Morgan fingerprint density at radius 2 is 2.17 bits per heavy atom. The van der Waals surface area contributed by atoms with Crippen LogP contribution in [0.4, 0.5) is 0 Å². The Morgan fingerprint density at radius 3 is 2.91 bits per heavy atom. The first-order chi connectivity index (χ1) is 11.3. The van der Waals surface area contributed by atoms with Crippen molar-refractivity contribution >= 4 is 5.91 Å². The molecular weight excluding hydrogens is 290 g/mol. The molecule has 2 saturated heterocycles. The molecule has 5 nitrogen and oxygen atoms in total. The molecular formula is C18H25N3O2. The van der Waals surface area contributed by atoms with Crippen LogP contribution in [0.5, 0.6) is 0 Å². The van der Waals surface area contributed by atoms with Gasteiger partial charge in [-0.1, -0.05) is 0 Å². The van der Waals surface area contributed by atoms with Crippen LogP contribution in [0, 0.1) is 5.41 Å². The second kappa shape index (κ2) is 6.21. The SMILES string of the molecule is O=C(NC1CCC1)[C@]12CCO[C@H]1CCN(Cc1ccncc1)C2. The first kappa shape index (κ1) is 15.1. The normalized spacial score (nSPS) is 31.4. The van der Waals surface area contributed by atoms with Crippen molar-refractivity contribution < 1.29 is 9.53 Å². The molecule has 23 heavy (non-hydrogen) atoms. The molecule has 1 aromatic rings. The Hall–Kier alpha value is -1.46. The summed E-state index contributed by atoms with van der Waals surface area (Å²) in [4.78, 5) is 19.5. The predicted octanol–water partition coefficient (Wildman–Crippen LogP) is 1.73. The standard InChI is InChI=1S/C18H25N3O2/c22-17(20-15-2-1-3-15)18-7-11-23-16(18)6-10-21(13-18)12-14-4-8-19-9-5-14/h4-5,8-9,15-16H,1-3,6-7,10-13H2,(H,20,22)/t16-,18-/m0/s1. The molecule has 1 aromatic heterocycles. The summed E-state index contributed by atoms with van der Waals surface area (Å²) in [5.41, 5.74) is 0.910. The molecule has 3 fully saturated rings. The highest BCUT2D eigenvalue weighted by Gasteiger charge is 2.53. The van der Waals surface area contributed by atoms with Crippen LogP contribution in [0.1, 0.15) is 37.7 Å². The van der Waals surface area contributed by atoms with Crippen molar-refractivity contribution in [1.82, 2.24) is 15.2 Å². The minimum atomic E-state index is -0.346. The van der Waals surface area contributed by atoms with Crippen LogP contribution < -0.4 is 5.32 Å². The third kappa shape index (κ3) is 2.88. The van der Waals surface area contributed by atoms with E-state index in [4.69, 9.17) is 4.74 Å². The van der Waals surface area contributed by atoms with E-state index in [0.717, 1.165) is 45.3 Å². The molecule has 0 radical (unpaired) electrons. The third-order valence-corrected chi connectivity index (χ3v) is 5.74. The molecule has 0 aromatic carbocycles. The number of fused-ring (bicyclic) bond motifs is 1. The average Bonchev–Trinajstić information content (AvgIpc) is 2.96. The number of rotatable bonds is 4. The van der Waals surface area contributed by atoms with Crippen LogP contribution >= 0.6 is 0 Å². The van der Waals surface area contributed by atoms with Crippen LogP contribution in [0.15, 0.2) is 24.5 Å². The number of pyridine rings is 1. The van der Waals surface area contributed by atoms with Crippen molar-refractivity contribution in [2.24, 2.45) is 5.41 Å². The fourth-order valence-corrected chi connectivity index (χ4v) is 4.12. The van der Waals surface area contributed by atoms with Gasteiger partial charge in [0.1, 0.15) is 0 Å². The second-order valence-electron chi connectivity index (χ2n) is 7.22. The number of piperidine rings is 1. The molecule has 1 saturated carbocycles. The maximum absolute atomic E-state index is 13.0. The van der Waals surface area contributed by atoms with Gasteiger partial charge in [0.05, 0.1) is 11.5 Å². The topological polar surface area (TPSA) is 54.5 Å². The van der Waals surface area contributed by atoms with Gasteiger partial charge in [0.2, 0.25) is 5.91 Å². The van der Waals surface area contributed by atoms with E-state index in [9.17, 15) is 4.79 Å². The number of carbonyl (C=O) groups is 1. The van der Waals surface area contributed by atoms with Crippen molar-refractivity contribution in [2.45, 2.75) is 50.8 Å². The Morgan fingerprint density at radius 1 is 1.35 bits per heavy atom. The van der Waals surface area contributed by atoms with E-state index in [0.29, 0.717) is 12.6 Å². The Labute approximate surface area is 137 Å². The highest BCUT2D eigenvalue weighted by molar-refractivity contribution is 5.84. The predicted molar refractivity (Wildman–Crippen MR) is 86.7 cm³/mol. The summed E-state index contributed by atoms with van der Waals surface area (Å²) in [5.74, 6) is 0.226. The lowest BCUT2D eigenvalue weighted by atomic mass is 9.75. The van der Waals surface area contributed by atoms with Gasteiger partial charge in [-0.05, 0) is 49.8 Å². The minimum absolute atomic E-state index is 0.0938. The first-order valence-corrected chi connectivity index (χ1v) is 8.80. The lowest BCUT2D eigenvalue weighted by Crippen LogP contribution is -2.58. The van der Waals surface area contributed by atoms with Crippen LogP contribution in [0.3, 0.4) is 0 Å². The van der Waals surface area contributed by atoms with E-state index in [1.807, 2.05) is 12.4 Å². The van der Waals surface area contributed by atoms with Gasteiger partial charge < -0.3 is 10.1 Å². The summed E-state index contributed by atoms with van der Waals surface area (Å²) >= 11 is 0. The van der Waals surface area contributed by atoms with E-state index in [1.54, 1.807) is 0 Å². The molecule has 5 heteroatoms. The van der Waals surface area contributed by atoms with Gasteiger partial charge in [-0.2, -0.15) is 0 Å². The van der Waals surface area contributed by atoms with Crippen LogP contribution in [0.25, 0.3) is 0 Å². The van der Waals surface area contributed by atoms with Crippen LogP contribution in [-0.2, 0) is 16.1 Å². The zero-order chi connectivity index (χ0) is 15.7. The molecule has 3 aliphatic rings. The van der Waals surface area contributed by atoms with Crippen molar-refractivity contribution in [3.63, 3.8) is 0 Å². The minimum Gasteiger partial charge on any atom is -0.377 e. The Kier molecular flexibility index (Phi) is 4.07. The number of nitrogens with one attached hydrogen (secondary N) is 1. The largest absolute Gasteiger partial charge is 0.377 e. The highest BCUT2D eigenvalue weighted by atomic mass is 16.5. The number of nitrogens with zero attached hydrogens (tertiary/aromatic N) is 2. The van der Waals surface area contributed by atoms with Crippen molar-refractivity contribution in [3.05, 3.63) is 30.1 Å². The van der Waals surface area contributed by atoms with Crippen LogP contribution in [-0.4, -0.2) is 47.6 Å². The van der Waals surface area contributed by atoms with Gasteiger partial charge in [-0.3, -0.25) is 14.7 Å². The van der Waals surface area contributed by atoms with Gasteiger partial charge in [-0.25, -0.2) is 0 Å². The first-order valence-electron chi connectivity index (χ1n) is 8.80. The summed E-state index contributed by atoms with van der Waals surface area (Å²) in [6, 6.07) is 4.50. The average molecular weight is 315 g/mol. The Balaban J connectivity index is 1.47. The van der Waals surface area contributed by atoms with Crippen LogP contribution in [0.2, 0.25) is 0 Å². The molecule has 3 heterocycles. The molecule has 124 valence electrons. The molecule has 4 rings (SSSR count). The van der Waals surface area contributed by atoms with E-state index < -0.39 is 0 Å². The molecule has 0 bridgehead atoms. The van der Waals surface area contributed by atoms with Gasteiger partial charge in [-0.15, -0.1) is 0 Å². The molecule has 0 unspecified atom stereocenters. The van der Waals surface area contributed by atoms with E-state index >= 15 is 0 Å². The summed E-state index contributed by atoms with van der Waals surface area (Å²) in [7, 11) is 0. The highest BCUT2D eigenvalue weighted by Crippen LogP contribution is 2.42. The van der Waals surface area contributed by atoms with Gasteiger partial charge in [0.15, 0.2) is 0 Å². The number of likely N-dealkylation sites (tertiary alicyclic amines) is 1. The van der Waals surface area contributed by atoms with Gasteiger partial charge in [0, 0.05) is 44.7 Å². The number of carbonyl (C=O) groups excluding carboxylic acids is 1. The quantitative estimate of drug-likeness (QED) is 0.919. The fraction of sp³-hybridized carbons (Fsp3) is 0.667. The summed E-state index contributed by atoms with van der Waals surface area (Å²) in [6.45, 7) is 3.39. The van der Waals surface area contributed by atoms with Crippen molar-refractivity contribution in [3.8, 4) is 0 Å². The fourth-order valence-electron chi connectivity index (χ4n) is 4.12. The number of aromatic nitrogens is 1. The molecule has 2 aliphatic heterocycles. The smallest absolute Gasteiger partial charge is 0.230 e. The second-order valence-corrected chi connectivity index (χ2v) is 7.22. The molecule has 1 N–H and O–H groups in total. The van der Waals surface area contributed by atoms with E-state index in [2.05, 4.69) is 27.3 Å². The summed E-state index contributed by atoms with van der Waals surface area (Å²) < 4.78 is 5.92. The maximum atomic E-state index is 13.0. The maximum Gasteiger partial charge on any atom is 0.230 e. The zero-order valence-corrected chi connectivity index (χ0v) is 13.5. The number of amides is 1. The summed E-state index contributed by atoms with van der Waals surface area (Å²) in [6.07, 6.45) is 9.07. The zero-order valence-electron chi connectivity index (χ0n) is 13.5. The molecule has 2 atom stereocenters. The number of ether oxygens (including phenoxy) is 1. The monoisotopic (exact) mass is 315 g/mol. The molecule has 1 aliphatic carbocycles. The lowest BCUT2D eigenvalue weighted by molar-refractivity contribution is -0.140. The van der Waals surface area contributed by atoms with E-state index in [-0.39, 0.29) is 17.4 Å². The van der Waals surface area contributed by atoms with Crippen molar-refractivity contribution in [1.29, 1.82) is 0 Å². The molecule has 1 amide bonds. The number of hydrogen-bond acceptors (Lipinski definition) is 4. The van der Waals surface area contributed by atoms with Gasteiger partial charge >= 0.3 is 0 Å². The Bertz CT molecular complexity index is 561. The third-order valence-electron chi connectivity index (χ3n) is 5.74. The summed E-state index contributed by atoms with van der Waals surface area (Å²) in [5, 5.41) is 3.28. The lowest BCUT2D eigenvalue weighted by Gasteiger charge is -2.43. The molecule has 0 spiro atoms. The van der Waals surface area contributed by atoms with Crippen molar-refractivity contribution in [2.75, 3.05) is 19.7 Å². The van der Waals surface area contributed by atoms with E-state index in [1.165, 1.54) is 12.0 Å². The van der Waals surface area contributed by atoms with Gasteiger partial charge in [0.25, 0.3) is 0 Å².